The first-order chi connectivity index (χ1) is 13.4. The van der Waals surface area contributed by atoms with E-state index in [0.717, 1.165) is 4.90 Å². The van der Waals surface area contributed by atoms with Crippen LogP contribution in [0.25, 0.3) is 11.0 Å². The fraction of sp³-hybridized carbons (Fsp3) is 0.250. The molecule has 28 heavy (non-hydrogen) atoms. The molecule has 1 aliphatic rings. The van der Waals surface area contributed by atoms with Gasteiger partial charge in [0.2, 0.25) is 0 Å². The Bertz CT molecular complexity index is 1150. The Morgan fingerprint density at radius 3 is 2.71 bits per heavy atom. The smallest absolute Gasteiger partial charge is 0.423 e. The van der Waals surface area contributed by atoms with Gasteiger partial charge in [-0.1, -0.05) is 25.1 Å². The molecule has 2 heterocycles. The van der Waals surface area contributed by atoms with Crippen LogP contribution in [0.4, 0.5) is 14.5 Å². The van der Waals surface area contributed by atoms with E-state index in [2.05, 4.69) is 11.1 Å². The van der Waals surface area contributed by atoms with Crippen LogP contribution in [0, 0.1) is 11.3 Å². The fourth-order valence-electron chi connectivity index (χ4n) is 3.41. The van der Waals surface area contributed by atoms with Gasteiger partial charge in [0.1, 0.15) is 17.4 Å². The van der Waals surface area contributed by atoms with E-state index < -0.39 is 12.0 Å². The van der Waals surface area contributed by atoms with Crippen molar-refractivity contribution in [2.24, 2.45) is 7.05 Å². The molecule has 0 spiro atoms. The average molecular weight is 382 g/mol. The highest BCUT2D eigenvalue weighted by atomic mass is 19.3. The highest BCUT2D eigenvalue weighted by Crippen LogP contribution is 2.42. The summed E-state index contributed by atoms with van der Waals surface area (Å²) in [7, 11) is 1.72. The average Bonchev–Trinajstić information content (AvgIpc) is 3.00. The summed E-state index contributed by atoms with van der Waals surface area (Å²) < 4.78 is 35.0. The normalized spacial score (nSPS) is 15.2. The van der Waals surface area contributed by atoms with E-state index >= 15 is 0 Å². The third-order valence-corrected chi connectivity index (χ3v) is 4.90. The quantitative estimate of drug-likeness (QED) is 0.695. The number of imidazole rings is 1. The highest BCUT2D eigenvalue weighted by Gasteiger charge is 2.51. The van der Waals surface area contributed by atoms with Crippen molar-refractivity contribution in [3.63, 3.8) is 0 Å². The summed E-state index contributed by atoms with van der Waals surface area (Å²) in [6, 6.07) is 12.2. The van der Waals surface area contributed by atoms with Crippen LogP contribution in [0.5, 0.6) is 5.75 Å². The van der Waals surface area contributed by atoms with Crippen LogP contribution >= 0.6 is 0 Å². The molecule has 0 bridgehead atoms. The summed E-state index contributed by atoms with van der Waals surface area (Å²) in [6.45, 7) is 1.65. The maximum atomic E-state index is 14.3. The number of hydrogen-bond donors (Lipinski definition) is 0. The molecule has 6 nitrogen and oxygen atoms in total. The van der Waals surface area contributed by atoms with Crippen LogP contribution in [0.2, 0.25) is 0 Å². The van der Waals surface area contributed by atoms with E-state index in [1.807, 2.05) is 6.92 Å². The first kappa shape index (κ1) is 17.9. The molecule has 0 aliphatic carbocycles. The van der Waals surface area contributed by atoms with Crippen molar-refractivity contribution in [1.82, 2.24) is 9.55 Å². The van der Waals surface area contributed by atoms with Crippen LogP contribution < -0.4 is 9.64 Å². The Labute approximate surface area is 159 Å². The highest BCUT2D eigenvalue weighted by molar-refractivity contribution is 6.01. The van der Waals surface area contributed by atoms with Gasteiger partial charge in [-0.15, -0.1) is 0 Å². The lowest BCUT2D eigenvalue weighted by Crippen LogP contribution is -2.50. The van der Waals surface area contributed by atoms with Crippen molar-refractivity contribution in [2.75, 3.05) is 4.90 Å². The second-order valence-electron chi connectivity index (χ2n) is 6.50. The van der Waals surface area contributed by atoms with Crippen molar-refractivity contribution in [3.05, 3.63) is 53.3 Å². The summed E-state index contributed by atoms with van der Waals surface area (Å²) in [5.41, 5.74) is 2.41. The maximum Gasteiger partial charge on any atom is 0.483 e. The third kappa shape index (κ3) is 2.59. The van der Waals surface area contributed by atoms with Gasteiger partial charge in [0, 0.05) is 7.05 Å². The molecule has 142 valence electrons. The Balaban J connectivity index is 1.84. The lowest BCUT2D eigenvalue weighted by atomic mass is 10.1. The predicted molar refractivity (Wildman–Crippen MR) is 98.0 cm³/mol. The zero-order valence-corrected chi connectivity index (χ0v) is 15.2. The maximum absolute atomic E-state index is 14.3. The van der Waals surface area contributed by atoms with Crippen molar-refractivity contribution in [2.45, 2.75) is 26.0 Å². The number of alkyl halides is 2. The first-order valence-electron chi connectivity index (χ1n) is 8.72. The minimum absolute atomic E-state index is 0.00563. The van der Waals surface area contributed by atoms with Gasteiger partial charge in [-0.05, 0) is 30.2 Å². The molecule has 0 saturated carbocycles. The van der Waals surface area contributed by atoms with Crippen LogP contribution in [0.1, 0.15) is 23.9 Å². The summed E-state index contributed by atoms with van der Waals surface area (Å²) in [6.07, 6.45) is -3.47. The number of benzene rings is 2. The topological polar surface area (TPSA) is 71.2 Å². The van der Waals surface area contributed by atoms with Gasteiger partial charge >= 0.3 is 12.0 Å². The van der Waals surface area contributed by atoms with E-state index in [9.17, 15) is 18.8 Å². The molecule has 1 aromatic heterocycles. The molecule has 0 fully saturated rings. The monoisotopic (exact) mass is 382 g/mol. The largest absolute Gasteiger partial charge is 0.483 e. The Morgan fingerprint density at radius 1 is 1.25 bits per heavy atom. The number of carbonyl (C=O) groups excluding carboxylic acids is 1. The molecular formula is C20H16F2N4O2. The standard InChI is InChI=1S/C20H16F2N4O2/c1-3-12-6-4-9-15-18(12)28-20(21,22)19(27)26(15)11-16-24-17-13(10-23)7-5-8-14(17)25(16)2/h4-9H,3,11H2,1-2H3. The van der Waals surface area contributed by atoms with Gasteiger partial charge in [0.05, 0.1) is 23.3 Å². The molecule has 8 heteroatoms. The molecule has 3 aromatic rings. The number of aromatic nitrogens is 2. The second kappa shape index (κ2) is 6.30. The zero-order valence-electron chi connectivity index (χ0n) is 15.2. The number of carbonyl (C=O) groups is 1. The molecule has 1 aliphatic heterocycles. The van der Waals surface area contributed by atoms with Crippen LogP contribution in [0.15, 0.2) is 36.4 Å². The molecule has 2 aromatic carbocycles. The van der Waals surface area contributed by atoms with E-state index in [1.165, 1.54) is 0 Å². The number of nitrogens with zero attached hydrogens (tertiary/aromatic N) is 4. The SMILES string of the molecule is CCc1cccc2c1OC(F)(F)C(=O)N2Cc1nc2c(C#N)cccc2n1C. The van der Waals surface area contributed by atoms with E-state index in [4.69, 9.17) is 4.74 Å². The number of amides is 1. The van der Waals surface area contributed by atoms with E-state index in [1.54, 1.807) is 48.0 Å². The third-order valence-electron chi connectivity index (χ3n) is 4.90. The number of halogens is 2. The number of hydrogen-bond acceptors (Lipinski definition) is 4. The van der Waals surface area contributed by atoms with Crippen LogP contribution in [0.3, 0.4) is 0 Å². The van der Waals surface area contributed by atoms with Crippen molar-refractivity contribution in [3.8, 4) is 11.8 Å². The number of aryl methyl sites for hydroxylation is 2. The minimum atomic E-state index is -3.96. The van der Waals surface area contributed by atoms with Crippen molar-refractivity contribution in [1.29, 1.82) is 5.26 Å². The van der Waals surface area contributed by atoms with Crippen LogP contribution in [-0.2, 0) is 24.8 Å². The zero-order chi connectivity index (χ0) is 20.1. The minimum Gasteiger partial charge on any atom is -0.423 e. The molecule has 0 unspecified atom stereocenters. The lowest BCUT2D eigenvalue weighted by Gasteiger charge is -2.34. The number of ether oxygens (including phenoxy) is 1. The molecule has 4 rings (SSSR count). The number of anilines is 1. The van der Waals surface area contributed by atoms with Crippen molar-refractivity contribution < 1.29 is 18.3 Å². The van der Waals surface area contributed by atoms with Gasteiger partial charge in [0.25, 0.3) is 0 Å². The Hall–Kier alpha value is -3.47. The van der Waals surface area contributed by atoms with E-state index in [0.29, 0.717) is 34.4 Å². The van der Waals surface area contributed by atoms with Gasteiger partial charge in [-0.2, -0.15) is 14.0 Å². The Kier molecular flexibility index (Phi) is 4.03. The molecule has 0 radical (unpaired) electrons. The number of para-hydroxylation sites is 2. The van der Waals surface area contributed by atoms with E-state index in [-0.39, 0.29) is 18.0 Å². The van der Waals surface area contributed by atoms with Gasteiger partial charge < -0.3 is 9.30 Å². The molecule has 0 atom stereocenters. The van der Waals surface area contributed by atoms with Crippen molar-refractivity contribution >= 4 is 22.6 Å². The number of nitriles is 1. The fourth-order valence-corrected chi connectivity index (χ4v) is 3.41. The molecule has 1 amide bonds. The first-order valence-corrected chi connectivity index (χ1v) is 8.72. The summed E-state index contributed by atoms with van der Waals surface area (Å²) in [4.78, 5) is 17.9. The second-order valence-corrected chi connectivity index (χ2v) is 6.50. The predicted octanol–water partition coefficient (Wildman–Crippen LogP) is 3.53. The van der Waals surface area contributed by atoms with Crippen LogP contribution in [-0.4, -0.2) is 21.6 Å². The number of rotatable bonds is 3. The molecule has 0 N–H and O–H groups in total. The van der Waals surface area contributed by atoms with Gasteiger partial charge in [-0.3, -0.25) is 9.69 Å². The Morgan fingerprint density at radius 2 is 2.00 bits per heavy atom. The summed E-state index contributed by atoms with van der Waals surface area (Å²) in [5.74, 6) is -1.05. The molecular weight excluding hydrogens is 366 g/mol. The summed E-state index contributed by atoms with van der Waals surface area (Å²) >= 11 is 0. The number of fused-ring (bicyclic) bond motifs is 2. The summed E-state index contributed by atoms with van der Waals surface area (Å²) in [5, 5.41) is 9.28. The van der Waals surface area contributed by atoms with Gasteiger partial charge in [0.15, 0.2) is 5.75 Å². The van der Waals surface area contributed by atoms with Gasteiger partial charge in [-0.25, -0.2) is 4.98 Å². The lowest BCUT2D eigenvalue weighted by molar-refractivity contribution is -0.193. The molecule has 0 saturated heterocycles.